The highest BCUT2D eigenvalue weighted by Gasteiger charge is 2.07. The molecule has 2 aromatic carbocycles. The Bertz CT molecular complexity index is 645. The molecule has 0 aliphatic heterocycles. The normalized spacial score (nSPS) is 10.2. The van der Waals surface area contributed by atoms with E-state index < -0.39 is 17.6 Å². The molecule has 0 saturated heterocycles. The van der Waals surface area contributed by atoms with Crippen molar-refractivity contribution in [2.75, 3.05) is 10.6 Å². The number of phenolic OH excluding ortho intramolecular Hbond substituents is 1. The number of amides is 2. The summed E-state index contributed by atoms with van der Waals surface area (Å²) in [6.45, 7) is 0. The van der Waals surface area contributed by atoms with Gasteiger partial charge in [0, 0.05) is 27.5 Å². The number of benzene rings is 2. The molecule has 3 N–H and O–H groups in total. The van der Waals surface area contributed by atoms with E-state index in [9.17, 15) is 9.18 Å². The molecule has 0 atom stereocenters. The molecule has 0 fully saturated rings. The number of halogens is 3. The third kappa shape index (κ3) is 3.76. The molecule has 7 heteroatoms. The van der Waals surface area contributed by atoms with Gasteiger partial charge in [-0.25, -0.2) is 9.18 Å². The molecule has 0 heterocycles. The Hall–Kier alpha value is -1.98. The van der Waals surface area contributed by atoms with Gasteiger partial charge in [0.2, 0.25) is 0 Å². The van der Waals surface area contributed by atoms with Crippen LogP contribution in [0.2, 0.25) is 10.0 Å². The van der Waals surface area contributed by atoms with Crippen molar-refractivity contribution in [1.29, 1.82) is 0 Å². The maximum Gasteiger partial charge on any atom is 0.323 e. The van der Waals surface area contributed by atoms with E-state index in [4.69, 9.17) is 28.3 Å². The number of phenols is 1. The molecule has 0 radical (unpaired) electrons. The summed E-state index contributed by atoms with van der Waals surface area (Å²) in [6, 6.07) is 7.48. The predicted molar refractivity (Wildman–Crippen MR) is 77.2 cm³/mol. The van der Waals surface area contributed by atoms with Gasteiger partial charge >= 0.3 is 6.03 Å². The number of rotatable bonds is 2. The summed E-state index contributed by atoms with van der Waals surface area (Å²) < 4.78 is 13.1. The van der Waals surface area contributed by atoms with Gasteiger partial charge in [-0.15, -0.1) is 0 Å². The number of anilines is 2. The fourth-order valence-electron chi connectivity index (χ4n) is 1.50. The van der Waals surface area contributed by atoms with Gasteiger partial charge in [0.15, 0.2) is 11.6 Å². The molecule has 0 spiro atoms. The summed E-state index contributed by atoms with van der Waals surface area (Å²) in [4.78, 5) is 11.7. The summed E-state index contributed by atoms with van der Waals surface area (Å²) in [5, 5.41) is 14.7. The van der Waals surface area contributed by atoms with E-state index >= 15 is 0 Å². The van der Waals surface area contributed by atoms with Crippen LogP contribution in [0, 0.1) is 5.82 Å². The maximum atomic E-state index is 13.1. The average Bonchev–Trinajstić information content (AvgIpc) is 2.32. The van der Waals surface area contributed by atoms with E-state index in [0.29, 0.717) is 15.7 Å². The van der Waals surface area contributed by atoms with Gasteiger partial charge in [-0.1, -0.05) is 23.2 Å². The third-order valence-corrected chi connectivity index (χ3v) is 2.76. The van der Waals surface area contributed by atoms with Crippen molar-refractivity contribution in [3.8, 4) is 5.75 Å². The van der Waals surface area contributed by atoms with Gasteiger partial charge in [0.25, 0.3) is 0 Å². The summed E-state index contributed by atoms with van der Waals surface area (Å²) in [7, 11) is 0. The highest BCUT2D eigenvalue weighted by Crippen LogP contribution is 2.23. The third-order valence-electron chi connectivity index (χ3n) is 2.33. The predicted octanol–water partition coefficient (Wildman–Crippen LogP) is 4.48. The molecule has 0 bridgehead atoms. The molecule has 0 unspecified atom stereocenters. The zero-order valence-electron chi connectivity index (χ0n) is 9.95. The van der Waals surface area contributed by atoms with Gasteiger partial charge in [-0.05, 0) is 30.3 Å². The smallest absolute Gasteiger partial charge is 0.323 e. The highest BCUT2D eigenvalue weighted by molar-refractivity contribution is 6.35. The Labute approximate surface area is 124 Å². The molecule has 0 saturated carbocycles. The van der Waals surface area contributed by atoms with Crippen molar-refractivity contribution in [3.63, 3.8) is 0 Å². The topological polar surface area (TPSA) is 61.4 Å². The first-order valence-electron chi connectivity index (χ1n) is 5.46. The van der Waals surface area contributed by atoms with Crippen LogP contribution >= 0.6 is 23.2 Å². The second-order valence-electron chi connectivity index (χ2n) is 3.90. The van der Waals surface area contributed by atoms with Crippen LogP contribution in [-0.2, 0) is 0 Å². The van der Waals surface area contributed by atoms with Crippen LogP contribution in [0.4, 0.5) is 20.6 Å². The number of carbonyl (C=O) groups excluding carboxylic acids is 1. The van der Waals surface area contributed by atoms with Crippen LogP contribution < -0.4 is 10.6 Å². The Morgan fingerprint density at radius 2 is 1.60 bits per heavy atom. The van der Waals surface area contributed by atoms with Crippen molar-refractivity contribution in [3.05, 3.63) is 52.3 Å². The van der Waals surface area contributed by atoms with Crippen molar-refractivity contribution in [1.82, 2.24) is 0 Å². The summed E-state index contributed by atoms with van der Waals surface area (Å²) in [5.74, 6) is -1.31. The van der Waals surface area contributed by atoms with Gasteiger partial charge in [-0.3, -0.25) is 0 Å². The Morgan fingerprint density at radius 1 is 1.00 bits per heavy atom. The first-order chi connectivity index (χ1) is 9.44. The second kappa shape index (κ2) is 5.98. The van der Waals surface area contributed by atoms with Gasteiger partial charge in [-0.2, -0.15) is 0 Å². The molecule has 2 rings (SSSR count). The molecule has 2 aromatic rings. The second-order valence-corrected chi connectivity index (χ2v) is 4.78. The minimum absolute atomic E-state index is 0.200. The number of aromatic hydroxyl groups is 1. The van der Waals surface area contributed by atoms with E-state index in [1.807, 2.05) is 0 Å². The minimum Gasteiger partial charge on any atom is -0.505 e. The van der Waals surface area contributed by atoms with E-state index in [1.54, 1.807) is 0 Å². The highest BCUT2D eigenvalue weighted by atomic mass is 35.5. The quantitative estimate of drug-likeness (QED) is 0.715. The van der Waals surface area contributed by atoms with Crippen LogP contribution in [0.3, 0.4) is 0 Å². The first-order valence-corrected chi connectivity index (χ1v) is 6.22. The Balaban J connectivity index is 2.06. The molecule has 104 valence electrons. The molecular formula is C13H9Cl2FN2O2. The van der Waals surface area contributed by atoms with Crippen LogP contribution in [0.5, 0.6) is 5.75 Å². The molecular weight excluding hydrogens is 306 g/mol. The monoisotopic (exact) mass is 314 g/mol. The molecule has 4 nitrogen and oxygen atoms in total. The SMILES string of the molecule is O=C(Nc1cc(Cl)cc(Cl)c1)Nc1ccc(O)c(F)c1. The lowest BCUT2D eigenvalue weighted by molar-refractivity contribution is 0.262. The van der Waals surface area contributed by atoms with Gasteiger partial charge in [0.05, 0.1) is 0 Å². The van der Waals surface area contributed by atoms with E-state index in [-0.39, 0.29) is 5.69 Å². The summed E-state index contributed by atoms with van der Waals surface area (Å²) in [6.07, 6.45) is 0. The zero-order chi connectivity index (χ0) is 14.7. The van der Waals surface area contributed by atoms with Gasteiger partial charge in [0.1, 0.15) is 0 Å². The lowest BCUT2D eigenvalue weighted by atomic mass is 10.3. The number of hydrogen-bond acceptors (Lipinski definition) is 2. The molecule has 20 heavy (non-hydrogen) atoms. The van der Waals surface area contributed by atoms with E-state index in [1.165, 1.54) is 24.3 Å². The zero-order valence-corrected chi connectivity index (χ0v) is 11.5. The molecule has 0 aliphatic carbocycles. The standard InChI is InChI=1S/C13H9Cl2FN2O2/c14-7-3-8(15)5-10(4-7)18-13(20)17-9-1-2-12(19)11(16)6-9/h1-6,19H,(H2,17,18,20). The van der Waals surface area contributed by atoms with Crippen molar-refractivity contribution < 1.29 is 14.3 Å². The summed E-state index contributed by atoms with van der Waals surface area (Å²) >= 11 is 11.6. The number of urea groups is 1. The Kier molecular flexibility index (Phi) is 4.32. The fourth-order valence-corrected chi connectivity index (χ4v) is 2.03. The number of nitrogens with one attached hydrogen (secondary N) is 2. The van der Waals surface area contributed by atoms with Crippen molar-refractivity contribution in [2.24, 2.45) is 0 Å². The van der Waals surface area contributed by atoms with E-state index in [0.717, 1.165) is 12.1 Å². The maximum absolute atomic E-state index is 13.1. The van der Waals surface area contributed by atoms with Crippen molar-refractivity contribution >= 4 is 40.6 Å². The molecule has 0 aromatic heterocycles. The number of carbonyl (C=O) groups is 1. The fraction of sp³-hybridized carbons (Fsp3) is 0. The average molecular weight is 315 g/mol. The first kappa shape index (κ1) is 14.4. The Morgan fingerprint density at radius 3 is 2.20 bits per heavy atom. The lowest BCUT2D eigenvalue weighted by Gasteiger charge is -2.08. The summed E-state index contributed by atoms with van der Waals surface area (Å²) in [5.41, 5.74) is 0.602. The minimum atomic E-state index is -0.825. The van der Waals surface area contributed by atoms with Gasteiger partial charge < -0.3 is 15.7 Å². The van der Waals surface area contributed by atoms with Crippen LogP contribution in [0.15, 0.2) is 36.4 Å². The van der Waals surface area contributed by atoms with E-state index in [2.05, 4.69) is 10.6 Å². The van der Waals surface area contributed by atoms with Crippen LogP contribution in [0.1, 0.15) is 0 Å². The lowest BCUT2D eigenvalue weighted by Crippen LogP contribution is -2.19. The largest absolute Gasteiger partial charge is 0.505 e. The van der Waals surface area contributed by atoms with Crippen LogP contribution in [-0.4, -0.2) is 11.1 Å². The molecule has 2 amide bonds. The number of hydrogen-bond donors (Lipinski definition) is 3. The van der Waals surface area contributed by atoms with Crippen molar-refractivity contribution in [2.45, 2.75) is 0 Å². The molecule has 0 aliphatic rings. The van der Waals surface area contributed by atoms with Crippen LogP contribution in [0.25, 0.3) is 0 Å².